The monoisotopic (exact) mass is 339 g/mol. The molecule has 0 bridgehead atoms. The van der Waals surface area contributed by atoms with Crippen molar-refractivity contribution in [1.29, 1.82) is 0 Å². The highest BCUT2D eigenvalue weighted by atomic mass is 79.9. The molecule has 1 fully saturated rings. The van der Waals surface area contributed by atoms with Crippen molar-refractivity contribution in [3.63, 3.8) is 0 Å². The average molecular weight is 340 g/mol. The van der Waals surface area contributed by atoms with Crippen molar-refractivity contribution in [3.8, 4) is 0 Å². The molecular formula is C14H18BrN3O2. The van der Waals surface area contributed by atoms with E-state index in [1.54, 1.807) is 12.1 Å². The number of carbonyl (C=O) groups excluding carboxylic acids is 2. The Kier molecular flexibility index (Phi) is 5.55. The molecular weight excluding hydrogens is 322 g/mol. The summed E-state index contributed by atoms with van der Waals surface area (Å²) in [6.45, 7) is 2.54. The van der Waals surface area contributed by atoms with Gasteiger partial charge in [-0.3, -0.25) is 9.59 Å². The smallest absolute Gasteiger partial charge is 0.251 e. The van der Waals surface area contributed by atoms with Crippen LogP contribution in [0.2, 0.25) is 0 Å². The van der Waals surface area contributed by atoms with E-state index in [2.05, 4.69) is 31.9 Å². The summed E-state index contributed by atoms with van der Waals surface area (Å²) < 4.78 is 0.937. The van der Waals surface area contributed by atoms with E-state index in [9.17, 15) is 9.59 Å². The van der Waals surface area contributed by atoms with Crippen molar-refractivity contribution in [1.82, 2.24) is 16.0 Å². The van der Waals surface area contributed by atoms with E-state index in [1.807, 2.05) is 12.1 Å². The van der Waals surface area contributed by atoms with Crippen molar-refractivity contribution in [2.75, 3.05) is 26.2 Å². The molecule has 1 aliphatic rings. The van der Waals surface area contributed by atoms with Gasteiger partial charge >= 0.3 is 0 Å². The van der Waals surface area contributed by atoms with Crippen LogP contribution in [0.15, 0.2) is 28.7 Å². The van der Waals surface area contributed by atoms with Crippen LogP contribution in [0.25, 0.3) is 0 Å². The van der Waals surface area contributed by atoms with Crippen molar-refractivity contribution < 1.29 is 9.59 Å². The lowest BCUT2D eigenvalue weighted by Gasteiger charge is -2.10. The number of benzene rings is 1. The predicted octanol–water partition coefficient (Wildman–Crippen LogP) is 0.905. The van der Waals surface area contributed by atoms with Gasteiger partial charge in [-0.25, -0.2) is 0 Å². The lowest BCUT2D eigenvalue weighted by Crippen LogP contribution is -2.38. The number of nitrogens with one attached hydrogen (secondary N) is 3. The van der Waals surface area contributed by atoms with E-state index in [0.717, 1.165) is 24.0 Å². The zero-order chi connectivity index (χ0) is 14.4. The molecule has 3 N–H and O–H groups in total. The van der Waals surface area contributed by atoms with Crippen LogP contribution in [0.5, 0.6) is 0 Å². The van der Waals surface area contributed by atoms with Crippen LogP contribution in [0.1, 0.15) is 16.8 Å². The maximum Gasteiger partial charge on any atom is 0.251 e. The summed E-state index contributed by atoms with van der Waals surface area (Å²) in [5.74, 6) is -0.000604. The quantitative estimate of drug-likeness (QED) is 0.698. The third kappa shape index (κ3) is 4.31. The summed E-state index contributed by atoms with van der Waals surface area (Å²) in [4.78, 5) is 23.5. The van der Waals surface area contributed by atoms with Gasteiger partial charge in [-0.15, -0.1) is 0 Å². The Hall–Kier alpha value is -1.40. The fourth-order valence-corrected chi connectivity index (χ4v) is 2.35. The van der Waals surface area contributed by atoms with Gasteiger partial charge in [0, 0.05) is 29.7 Å². The Labute approximate surface area is 126 Å². The number of rotatable bonds is 5. The van der Waals surface area contributed by atoms with Gasteiger partial charge in [0.1, 0.15) is 0 Å². The molecule has 6 heteroatoms. The Morgan fingerprint density at radius 2 is 1.90 bits per heavy atom. The standard InChI is InChI=1S/C14H18BrN3O2/c15-12-3-1-10(2-4-12)13(19)17-7-8-18-14(20)11-5-6-16-9-11/h1-4,11,16H,5-9H2,(H,17,19)(H,18,20). The lowest BCUT2D eigenvalue weighted by atomic mass is 10.1. The first-order chi connectivity index (χ1) is 9.66. The number of hydrogen-bond acceptors (Lipinski definition) is 3. The van der Waals surface area contributed by atoms with Gasteiger partial charge < -0.3 is 16.0 Å². The zero-order valence-electron chi connectivity index (χ0n) is 11.1. The molecule has 108 valence electrons. The summed E-state index contributed by atoms with van der Waals surface area (Å²) in [6.07, 6.45) is 0.886. The maximum absolute atomic E-state index is 11.8. The fourth-order valence-electron chi connectivity index (χ4n) is 2.09. The third-order valence-electron chi connectivity index (χ3n) is 3.25. The summed E-state index contributed by atoms with van der Waals surface area (Å²) >= 11 is 3.32. The van der Waals surface area contributed by atoms with E-state index in [4.69, 9.17) is 0 Å². The molecule has 0 aliphatic carbocycles. The maximum atomic E-state index is 11.8. The fraction of sp³-hybridized carbons (Fsp3) is 0.429. The van der Waals surface area contributed by atoms with E-state index >= 15 is 0 Å². The summed E-state index contributed by atoms with van der Waals surface area (Å²) in [6, 6.07) is 7.15. The SMILES string of the molecule is O=C(NCCNC(=O)C1CCNC1)c1ccc(Br)cc1. The van der Waals surface area contributed by atoms with E-state index in [0.29, 0.717) is 18.7 Å². The molecule has 0 saturated carbocycles. The van der Waals surface area contributed by atoms with Crippen molar-refractivity contribution in [3.05, 3.63) is 34.3 Å². The van der Waals surface area contributed by atoms with Crippen LogP contribution in [-0.2, 0) is 4.79 Å². The molecule has 1 unspecified atom stereocenters. The minimum Gasteiger partial charge on any atom is -0.354 e. The molecule has 2 amide bonds. The van der Waals surface area contributed by atoms with Gasteiger partial charge in [-0.2, -0.15) is 0 Å². The molecule has 2 rings (SSSR count). The molecule has 0 spiro atoms. The predicted molar refractivity (Wildman–Crippen MR) is 80.5 cm³/mol. The summed E-state index contributed by atoms with van der Waals surface area (Å²) in [7, 11) is 0. The molecule has 1 heterocycles. The Morgan fingerprint density at radius 1 is 1.20 bits per heavy atom. The summed E-state index contributed by atoms with van der Waals surface area (Å²) in [5.41, 5.74) is 0.611. The first-order valence-corrected chi connectivity index (χ1v) is 7.48. The lowest BCUT2D eigenvalue weighted by molar-refractivity contribution is -0.124. The average Bonchev–Trinajstić information content (AvgIpc) is 2.98. The van der Waals surface area contributed by atoms with Gasteiger partial charge in [0.25, 0.3) is 5.91 Å². The second-order valence-electron chi connectivity index (χ2n) is 4.74. The van der Waals surface area contributed by atoms with Gasteiger partial charge in [-0.1, -0.05) is 15.9 Å². The molecule has 0 radical (unpaired) electrons. The second kappa shape index (κ2) is 7.40. The number of halogens is 1. The van der Waals surface area contributed by atoms with Gasteiger partial charge in [0.15, 0.2) is 0 Å². The van der Waals surface area contributed by atoms with Crippen molar-refractivity contribution in [2.24, 2.45) is 5.92 Å². The van der Waals surface area contributed by atoms with E-state index < -0.39 is 0 Å². The molecule has 1 atom stereocenters. The minimum absolute atomic E-state index is 0.0629. The number of hydrogen-bond donors (Lipinski definition) is 3. The number of amides is 2. The largest absolute Gasteiger partial charge is 0.354 e. The molecule has 20 heavy (non-hydrogen) atoms. The highest BCUT2D eigenvalue weighted by molar-refractivity contribution is 9.10. The van der Waals surface area contributed by atoms with Crippen molar-refractivity contribution >= 4 is 27.7 Å². The highest BCUT2D eigenvalue weighted by Gasteiger charge is 2.21. The first kappa shape index (κ1) is 15.0. The molecule has 1 aromatic rings. The van der Waals surface area contributed by atoms with E-state index in [1.165, 1.54) is 0 Å². The molecule has 5 nitrogen and oxygen atoms in total. The van der Waals surface area contributed by atoms with Crippen LogP contribution in [0.3, 0.4) is 0 Å². The topological polar surface area (TPSA) is 70.2 Å². The Bertz CT molecular complexity index is 470. The highest BCUT2D eigenvalue weighted by Crippen LogP contribution is 2.10. The Morgan fingerprint density at radius 3 is 2.55 bits per heavy atom. The molecule has 0 aromatic heterocycles. The number of carbonyl (C=O) groups is 2. The third-order valence-corrected chi connectivity index (χ3v) is 3.78. The first-order valence-electron chi connectivity index (χ1n) is 6.69. The van der Waals surface area contributed by atoms with Crippen LogP contribution in [0, 0.1) is 5.92 Å². The minimum atomic E-state index is -0.130. The molecule has 1 aliphatic heterocycles. The van der Waals surface area contributed by atoms with Gasteiger partial charge in [-0.05, 0) is 37.2 Å². The Balaban J connectivity index is 1.66. The van der Waals surface area contributed by atoms with Gasteiger partial charge in [0.05, 0.1) is 5.92 Å². The van der Waals surface area contributed by atoms with Crippen molar-refractivity contribution in [2.45, 2.75) is 6.42 Å². The second-order valence-corrected chi connectivity index (χ2v) is 5.66. The molecule has 1 aromatic carbocycles. The van der Waals surface area contributed by atoms with Crippen LogP contribution >= 0.6 is 15.9 Å². The van der Waals surface area contributed by atoms with Crippen LogP contribution in [-0.4, -0.2) is 38.0 Å². The van der Waals surface area contributed by atoms with Crippen LogP contribution < -0.4 is 16.0 Å². The van der Waals surface area contributed by atoms with E-state index in [-0.39, 0.29) is 17.7 Å². The van der Waals surface area contributed by atoms with Crippen LogP contribution in [0.4, 0.5) is 0 Å². The summed E-state index contributed by atoms with van der Waals surface area (Å²) in [5, 5.41) is 8.77. The normalized spacial score (nSPS) is 17.8. The van der Waals surface area contributed by atoms with Gasteiger partial charge in [0.2, 0.25) is 5.91 Å². The zero-order valence-corrected chi connectivity index (χ0v) is 12.7. The molecule has 1 saturated heterocycles.